The second-order valence-electron chi connectivity index (χ2n) is 4.70. The van der Waals surface area contributed by atoms with Crippen LogP contribution in [0, 0.1) is 11.6 Å². The molecule has 1 unspecified atom stereocenters. The van der Waals surface area contributed by atoms with E-state index in [1.54, 1.807) is 0 Å². The number of hydrogen-bond acceptors (Lipinski definition) is 2. The second-order valence-corrected chi connectivity index (χ2v) is 4.70. The Hall–Kier alpha value is -1.94. The molecule has 20 heavy (non-hydrogen) atoms. The molecule has 2 aromatic carbocycles. The third-order valence-electron chi connectivity index (χ3n) is 3.28. The summed E-state index contributed by atoms with van der Waals surface area (Å²) in [6.45, 7) is 0.543. The van der Waals surface area contributed by atoms with Crippen LogP contribution in [-0.2, 0) is 0 Å². The standard InChI is InChI=1S/C16H17F2NO/c1-19(12-6-3-2-4-7-12)11-10-15(20)13-8-5-9-14(17)16(13)18/h2-9,15,20H,10-11H2,1H3. The zero-order valence-corrected chi connectivity index (χ0v) is 11.3. The smallest absolute Gasteiger partial charge is 0.164 e. The van der Waals surface area contributed by atoms with E-state index in [9.17, 15) is 13.9 Å². The van der Waals surface area contributed by atoms with E-state index in [-0.39, 0.29) is 5.56 Å². The summed E-state index contributed by atoms with van der Waals surface area (Å²) < 4.78 is 26.7. The van der Waals surface area contributed by atoms with E-state index in [2.05, 4.69) is 0 Å². The molecule has 0 aromatic heterocycles. The van der Waals surface area contributed by atoms with E-state index in [1.165, 1.54) is 12.1 Å². The van der Waals surface area contributed by atoms with Gasteiger partial charge in [0.15, 0.2) is 11.6 Å². The van der Waals surface area contributed by atoms with Gasteiger partial charge in [0.05, 0.1) is 6.10 Å². The summed E-state index contributed by atoms with van der Waals surface area (Å²) in [6.07, 6.45) is -0.692. The van der Waals surface area contributed by atoms with Gasteiger partial charge in [0, 0.05) is 24.8 Å². The van der Waals surface area contributed by atoms with Crippen molar-refractivity contribution in [3.8, 4) is 0 Å². The van der Waals surface area contributed by atoms with Gasteiger partial charge in [-0.2, -0.15) is 0 Å². The van der Waals surface area contributed by atoms with Crippen molar-refractivity contribution in [1.82, 2.24) is 0 Å². The summed E-state index contributed by atoms with van der Waals surface area (Å²) in [6, 6.07) is 13.5. The topological polar surface area (TPSA) is 23.5 Å². The van der Waals surface area contributed by atoms with Crippen LogP contribution in [0.25, 0.3) is 0 Å². The third-order valence-corrected chi connectivity index (χ3v) is 3.28. The van der Waals surface area contributed by atoms with E-state index in [0.29, 0.717) is 13.0 Å². The van der Waals surface area contributed by atoms with Crippen LogP contribution in [0.15, 0.2) is 48.5 Å². The second kappa shape index (κ2) is 6.48. The highest BCUT2D eigenvalue weighted by Crippen LogP contribution is 2.23. The molecule has 0 aliphatic rings. The molecule has 4 heteroatoms. The van der Waals surface area contributed by atoms with E-state index in [4.69, 9.17) is 0 Å². The molecule has 2 aromatic rings. The van der Waals surface area contributed by atoms with Crippen molar-refractivity contribution in [2.24, 2.45) is 0 Å². The predicted molar refractivity (Wildman–Crippen MR) is 75.6 cm³/mol. The number of halogens is 2. The Kier molecular flexibility index (Phi) is 4.69. The van der Waals surface area contributed by atoms with Crippen LogP contribution in [0.1, 0.15) is 18.1 Å². The summed E-state index contributed by atoms with van der Waals surface area (Å²) in [5, 5.41) is 9.99. The fourth-order valence-electron chi connectivity index (χ4n) is 2.06. The Labute approximate surface area is 117 Å². The van der Waals surface area contributed by atoms with Gasteiger partial charge in [-0.15, -0.1) is 0 Å². The maximum Gasteiger partial charge on any atom is 0.164 e. The summed E-state index contributed by atoms with van der Waals surface area (Å²) in [5.74, 6) is -1.90. The van der Waals surface area contributed by atoms with Crippen LogP contribution in [0.3, 0.4) is 0 Å². The number of aliphatic hydroxyl groups is 1. The Morgan fingerprint density at radius 2 is 1.75 bits per heavy atom. The van der Waals surface area contributed by atoms with Crippen LogP contribution < -0.4 is 4.90 Å². The molecule has 0 heterocycles. The Morgan fingerprint density at radius 1 is 1.05 bits per heavy atom. The number of aliphatic hydroxyl groups excluding tert-OH is 1. The first kappa shape index (κ1) is 14.5. The lowest BCUT2D eigenvalue weighted by atomic mass is 10.1. The lowest BCUT2D eigenvalue weighted by Crippen LogP contribution is -2.20. The van der Waals surface area contributed by atoms with Gasteiger partial charge in [-0.05, 0) is 24.6 Å². The van der Waals surface area contributed by atoms with Gasteiger partial charge >= 0.3 is 0 Å². The fraction of sp³-hybridized carbons (Fsp3) is 0.250. The summed E-state index contributed by atoms with van der Waals surface area (Å²) >= 11 is 0. The Bertz CT molecular complexity index is 560. The molecular formula is C16H17F2NO. The lowest BCUT2D eigenvalue weighted by Gasteiger charge is -2.21. The molecule has 0 spiro atoms. The minimum atomic E-state index is -1.02. The Balaban J connectivity index is 1.99. The monoisotopic (exact) mass is 277 g/mol. The van der Waals surface area contributed by atoms with Gasteiger partial charge in [-0.1, -0.05) is 30.3 Å². The zero-order valence-electron chi connectivity index (χ0n) is 11.3. The van der Waals surface area contributed by atoms with E-state index >= 15 is 0 Å². The Morgan fingerprint density at radius 3 is 2.45 bits per heavy atom. The molecule has 0 aliphatic heterocycles. The minimum Gasteiger partial charge on any atom is -0.388 e. The van der Waals surface area contributed by atoms with Crippen molar-refractivity contribution in [2.75, 3.05) is 18.5 Å². The van der Waals surface area contributed by atoms with Crippen LogP contribution in [-0.4, -0.2) is 18.7 Å². The van der Waals surface area contributed by atoms with E-state index in [1.807, 2.05) is 42.3 Å². The SMILES string of the molecule is CN(CCC(O)c1cccc(F)c1F)c1ccccc1. The van der Waals surface area contributed by atoms with Crippen molar-refractivity contribution >= 4 is 5.69 Å². The number of nitrogens with zero attached hydrogens (tertiary/aromatic N) is 1. The molecule has 106 valence electrons. The number of rotatable bonds is 5. The number of benzene rings is 2. The zero-order chi connectivity index (χ0) is 14.5. The highest BCUT2D eigenvalue weighted by Gasteiger charge is 2.16. The van der Waals surface area contributed by atoms with Gasteiger partial charge < -0.3 is 10.0 Å². The first-order chi connectivity index (χ1) is 9.59. The molecule has 1 N–H and O–H groups in total. The molecule has 2 rings (SSSR count). The summed E-state index contributed by atoms with van der Waals surface area (Å²) in [5.41, 5.74) is 1.02. The number of hydrogen-bond donors (Lipinski definition) is 1. The van der Waals surface area contributed by atoms with Gasteiger partial charge in [-0.25, -0.2) is 8.78 Å². The molecule has 1 atom stereocenters. The summed E-state index contributed by atoms with van der Waals surface area (Å²) in [4.78, 5) is 1.96. The molecule has 0 saturated carbocycles. The van der Waals surface area contributed by atoms with Crippen molar-refractivity contribution in [1.29, 1.82) is 0 Å². The molecule has 0 bridgehead atoms. The third kappa shape index (κ3) is 3.33. The maximum absolute atomic E-state index is 13.6. The number of anilines is 1. The lowest BCUT2D eigenvalue weighted by molar-refractivity contribution is 0.164. The quantitative estimate of drug-likeness (QED) is 0.903. The average molecular weight is 277 g/mol. The molecule has 0 radical (unpaired) electrons. The molecule has 0 saturated heterocycles. The highest BCUT2D eigenvalue weighted by molar-refractivity contribution is 5.44. The van der Waals surface area contributed by atoms with E-state index < -0.39 is 17.7 Å². The minimum absolute atomic E-state index is 0.00598. The fourth-order valence-corrected chi connectivity index (χ4v) is 2.06. The van der Waals surface area contributed by atoms with Crippen molar-refractivity contribution in [2.45, 2.75) is 12.5 Å². The van der Waals surface area contributed by atoms with Crippen molar-refractivity contribution in [3.05, 3.63) is 65.7 Å². The molecule has 0 fully saturated rings. The normalized spacial score (nSPS) is 12.2. The van der Waals surface area contributed by atoms with Crippen LogP contribution in [0.5, 0.6) is 0 Å². The summed E-state index contributed by atoms with van der Waals surface area (Å²) in [7, 11) is 1.89. The van der Waals surface area contributed by atoms with Crippen LogP contribution >= 0.6 is 0 Å². The van der Waals surface area contributed by atoms with Crippen molar-refractivity contribution < 1.29 is 13.9 Å². The molecular weight excluding hydrogens is 260 g/mol. The first-order valence-electron chi connectivity index (χ1n) is 6.47. The predicted octanol–water partition coefficient (Wildman–Crippen LogP) is 3.52. The molecule has 2 nitrogen and oxygen atoms in total. The van der Waals surface area contributed by atoms with Crippen molar-refractivity contribution in [3.63, 3.8) is 0 Å². The number of para-hydroxylation sites is 1. The molecule has 0 amide bonds. The van der Waals surface area contributed by atoms with Crippen LogP contribution in [0.4, 0.5) is 14.5 Å². The van der Waals surface area contributed by atoms with E-state index in [0.717, 1.165) is 11.8 Å². The highest BCUT2D eigenvalue weighted by atomic mass is 19.2. The first-order valence-corrected chi connectivity index (χ1v) is 6.47. The van der Waals surface area contributed by atoms with Crippen LogP contribution in [0.2, 0.25) is 0 Å². The molecule has 0 aliphatic carbocycles. The van der Waals surface area contributed by atoms with Gasteiger partial charge in [-0.3, -0.25) is 0 Å². The van der Waals surface area contributed by atoms with Gasteiger partial charge in [0.25, 0.3) is 0 Å². The average Bonchev–Trinajstić information content (AvgIpc) is 2.48. The van der Waals surface area contributed by atoms with Gasteiger partial charge in [0.1, 0.15) is 0 Å². The van der Waals surface area contributed by atoms with Gasteiger partial charge in [0.2, 0.25) is 0 Å². The largest absolute Gasteiger partial charge is 0.388 e. The maximum atomic E-state index is 13.6.